The quantitative estimate of drug-likeness (QED) is 0.102. The van der Waals surface area contributed by atoms with Crippen molar-refractivity contribution in [3.63, 3.8) is 0 Å². The standard InChI is InChI=1S/C37H49Cl2N3O9/c1-4-24(2)33(35(44)42-37(36(45)46)12-11-30-28(23-37)27-21-26(38)22-29(39)34(27)40-30)41-32(43)10-9-25-7-5-6-8-31(25)51-20-19-50-18-17-49-16-15-48-14-13-47-3/h5-8,21-22,24,33,40H,4,9-20,23H2,1-3H3,(H,41,43)(H,42,44)(H,45,46)/t24?,33?,37-/m1/s1. The van der Waals surface area contributed by atoms with E-state index in [1.165, 1.54) is 0 Å². The summed E-state index contributed by atoms with van der Waals surface area (Å²) in [5, 5.41) is 17.8. The topological polar surface area (TPSA) is 157 Å². The molecule has 0 fully saturated rings. The molecule has 2 unspecified atom stereocenters. The first-order valence-corrected chi connectivity index (χ1v) is 18.1. The lowest BCUT2D eigenvalue weighted by Gasteiger charge is -2.36. The summed E-state index contributed by atoms with van der Waals surface area (Å²) >= 11 is 12.7. The van der Waals surface area contributed by atoms with E-state index in [1.807, 2.05) is 38.1 Å². The maximum atomic E-state index is 13.8. The molecule has 4 rings (SSSR count). The molecular weight excluding hydrogens is 701 g/mol. The molecule has 1 aliphatic rings. The van der Waals surface area contributed by atoms with Crippen molar-refractivity contribution in [2.24, 2.45) is 5.92 Å². The van der Waals surface area contributed by atoms with Crippen LogP contribution >= 0.6 is 23.2 Å². The first-order chi connectivity index (χ1) is 24.6. The molecule has 0 radical (unpaired) electrons. The Morgan fingerprint density at radius 1 is 0.980 bits per heavy atom. The molecule has 0 spiro atoms. The van der Waals surface area contributed by atoms with Crippen LogP contribution in [0.5, 0.6) is 5.75 Å². The van der Waals surface area contributed by atoms with Crippen LogP contribution in [0.3, 0.4) is 0 Å². The van der Waals surface area contributed by atoms with Crippen LogP contribution in [0, 0.1) is 5.92 Å². The van der Waals surface area contributed by atoms with Crippen molar-refractivity contribution in [2.45, 2.75) is 64.0 Å². The molecule has 2 amide bonds. The zero-order valence-electron chi connectivity index (χ0n) is 29.5. The summed E-state index contributed by atoms with van der Waals surface area (Å²) in [4.78, 5) is 43.2. The molecule has 0 bridgehead atoms. The van der Waals surface area contributed by atoms with Gasteiger partial charge < -0.3 is 44.4 Å². The number of aryl methyl sites for hydroxylation is 2. The number of methoxy groups -OCH3 is 1. The van der Waals surface area contributed by atoms with E-state index in [0.717, 1.165) is 22.2 Å². The second kappa shape index (κ2) is 20.0. The van der Waals surface area contributed by atoms with E-state index in [9.17, 15) is 19.5 Å². The van der Waals surface area contributed by atoms with Crippen molar-refractivity contribution in [2.75, 3.05) is 60.0 Å². The van der Waals surface area contributed by atoms with E-state index in [0.29, 0.717) is 93.4 Å². The minimum atomic E-state index is -1.57. The number of carbonyl (C=O) groups is 3. The number of para-hydroxylation sites is 1. The number of hydrogen-bond donors (Lipinski definition) is 4. The summed E-state index contributed by atoms with van der Waals surface area (Å²) in [6, 6.07) is 9.91. The Bertz CT molecular complexity index is 1620. The lowest BCUT2D eigenvalue weighted by Crippen LogP contribution is -2.62. The number of fused-ring (bicyclic) bond motifs is 3. The molecule has 280 valence electrons. The molecule has 1 aromatic heterocycles. The van der Waals surface area contributed by atoms with E-state index in [1.54, 1.807) is 19.2 Å². The van der Waals surface area contributed by atoms with Crippen molar-refractivity contribution in [3.8, 4) is 5.75 Å². The Hall–Kier alpha value is -3.39. The largest absolute Gasteiger partial charge is 0.491 e. The van der Waals surface area contributed by atoms with Gasteiger partial charge in [0.2, 0.25) is 11.8 Å². The minimum absolute atomic E-state index is 0.0436. The van der Waals surface area contributed by atoms with Crippen LogP contribution in [0.4, 0.5) is 0 Å². The van der Waals surface area contributed by atoms with Gasteiger partial charge in [0.05, 0.1) is 56.8 Å². The molecule has 1 heterocycles. The Morgan fingerprint density at radius 3 is 2.31 bits per heavy atom. The van der Waals surface area contributed by atoms with Gasteiger partial charge in [-0.1, -0.05) is 61.7 Å². The summed E-state index contributed by atoms with van der Waals surface area (Å²) in [6.07, 6.45) is 1.68. The van der Waals surface area contributed by atoms with Crippen LogP contribution < -0.4 is 15.4 Å². The summed E-state index contributed by atoms with van der Waals surface area (Å²) in [7, 11) is 1.63. The van der Waals surface area contributed by atoms with Gasteiger partial charge in [0.15, 0.2) is 0 Å². The number of benzene rings is 2. The second-order valence-corrected chi connectivity index (χ2v) is 13.5. The maximum Gasteiger partial charge on any atom is 0.329 e. The summed E-state index contributed by atoms with van der Waals surface area (Å²) in [5.41, 5.74) is 1.57. The number of amides is 2. The predicted molar refractivity (Wildman–Crippen MR) is 195 cm³/mol. The fourth-order valence-electron chi connectivity index (χ4n) is 6.07. The smallest absolute Gasteiger partial charge is 0.329 e. The van der Waals surface area contributed by atoms with Gasteiger partial charge in [-0.25, -0.2) is 4.79 Å². The van der Waals surface area contributed by atoms with Gasteiger partial charge in [-0.15, -0.1) is 0 Å². The molecule has 0 saturated heterocycles. The van der Waals surface area contributed by atoms with Gasteiger partial charge in [-0.05, 0) is 54.5 Å². The average Bonchev–Trinajstić information content (AvgIpc) is 3.47. The zero-order chi connectivity index (χ0) is 36.8. The van der Waals surface area contributed by atoms with Gasteiger partial charge >= 0.3 is 5.97 Å². The Morgan fingerprint density at radius 2 is 1.65 bits per heavy atom. The van der Waals surface area contributed by atoms with Gasteiger partial charge in [0.25, 0.3) is 0 Å². The van der Waals surface area contributed by atoms with Crippen LogP contribution in [0.1, 0.15) is 49.9 Å². The number of H-pyrrole nitrogens is 1. The van der Waals surface area contributed by atoms with Crippen LogP contribution in [0.15, 0.2) is 36.4 Å². The van der Waals surface area contributed by atoms with E-state index in [2.05, 4.69) is 15.6 Å². The van der Waals surface area contributed by atoms with E-state index in [-0.39, 0.29) is 31.1 Å². The highest BCUT2D eigenvalue weighted by atomic mass is 35.5. The molecule has 1 aliphatic carbocycles. The molecule has 14 heteroatoms. The number of carbonyl (C=O) groups excluding carboxylic acids is 2. The normalized spacial score (nSPS) is 16.7. The number of aromatic nitrogens is 1. The average molecular weight is 751 g/mol. The molecule has 0 aliphatic heterocycles. The van der Waals surface area contributed by atoms with Gasteiger partial charge in [-0.3, -0.25) is 9.59 Å². The SMILES string of the molecule is CCC(C)C(NC(=O)CCc1ccccc1OCCOCCOCCOCCOC)C(=O)N[C@]1(C(=O)O)CCc2[nH]c3c(Cl)cc(Cl)cc3c2C1. The van der Waals surface area contributed by atoms with E-state index in [4.69, 9.17) is 46.9 Å². The molecule has 51 heavy (non-hydrogen) atoms. The second-order valence-electron chi connectivity index (χ2n) is 12.7. The third-order valence-corrected chi connectivity index (χ3v) is 9.66. The Kier molecular flexibility index (Phi) is 15.8. The van der Waals surface area contributed by atoms with Gasteiger partial charge in [0, 0.05) is 36.1 Å². The molecule has 3 atom stereocenters. The number of rotatable bonds is 22. The van der Waals surface area contributed by atoms with Crippen molar-refractivity contribution < 1.29 is 43.2 Å². The van der Waals surface area contributed by atoms with Crippen LogP contribution in [0.2, 0.25) is 10.0 Å². The molecule has 2 aromatic carbocycles. The highest BCUT2D eigenvalue weighted by molar-refractivity contribution is 6.38. The number of nitrogens with one attached hydrogen (secondary N) is 3. The molecular formula is C37H49Cl2N3O9. The minimum Gasteiger partial charge on any atom is -0.491 e. The number of hydrogen-bond acceptors (Lipinski definition) is 8. The first-order valence-electron chi connectivity index (χ1n) is 17.3. The highest BCUT2D eigenvalue weighted by Gasteiger charge is 2.45. The summed E-state index contributed by atoms with van der Waals surface area (Å²) < 4.78 is 27.3. The third kappa shape index (κ3) is 11.3. The first kappa shape index (κ1) is 40.4. The fraction of sp³-hybridized carbons (Fsp3) is 0.541. The monoisotopic (exact) mass is 749 g/mol. The predicted octanol–water partition coefficient (Wildman–Crippen LogP) is 5.14. The molecule has 4 N–H and O–H groups in total. The molecule has 3 aromatic rings. The number of halogens is 2. The summed E-state index contributed by atoms with van der Waals surface area (Å²) in [6.45, 7) is 7.41. The van der Waals surface area contributed by atoms with Crippen LogP contribution in [0.25, 0.3) is 10.9 Å². The fourth-order valence-corrected chi connectivity index (χ4v) is 6.61. The Balaban J connectivity index is 1.29. The number of carboxylic acids is 1. The summed E-state index contributed by atoms with van der Waals surface area (Å²) in [5.74, 6) is -1.61. The molecule has 12 nitrogen and oxygen atoms in total. The molecule has 0 saturated carbocycles. The number of aliphatic carboxylic acids is 1. The van der Waals surface area contributed by atoms with Crippen molar-refractivity contribution in [1.29, 1.82) is 0 Å². The van der Waals surface area contributed by atoms with Crippen molar-refractivity contribution >= 4 is 51.9 Å². The van der Waals surface area contributed by atoms with Crippen molar-refractivity contribution in [1.82, 2.24) is 15.6 Å². The number of ether oxygens (including phenoxy) is 5. The Labute approximate surface area is 308 Å². The number of carboxylic acid groups (broad SMARTS) is 1. The number of aromatic amines is 1. The van der Waals surface area contributed by atoms with Gasteiger partial charge in [-0.2, -0.15) is 0 Å². The van der Waals surface area contributed by atoms with E-state index >= 15 is 0 Å². The zero-order valence-corrected chi connectivity index (χ0v) is 31.0. The van der Waals surface area contributed by atoms with Crippen LogP contribution in [-0.2, 0) is 52.6 Å². The van der Waals surface area contributed by atoms with Crippen LogP contribution in [-0.4, -0.2) is 99.4 Å². The maximum absolute atomic E-state index is 13.8. The highest BCUT2D eigenvalue weighted by Crippen LogP contribution is 2.38. The van der Waals surface area contributed by atoms with E-state index < -0.39 is 23.5 Å². The third-order valence-electron chi connectivity index (χ3n) is 9.14. The van der Waals surface area contributed by atoms with Gasteiger partial charge in [0.1, 0.15) is 23.9 Å². The lowest BCUT2D eigenvalue weighted by atomic mass is 9.79. The lowest BCUT2D eigenvalue weighted by molar-refractivity contribution is -0.149. The van der Waals surface area contributed by atoms with Crippen molar-refractivity contribution in [3.05, 3.63) is 63.3 Å².